The van der Waals surface area contributed by atoms with Gasteiger partial charge in [-0.3, -0.25) is 0 Å². The molecule has 1 heterocycles. The van der Waals surface area contributed by atoms with Gasteiger partial charge in [-0.05, 0) is 78.9 Å². The summed E-state index contributed by atoms with van der Waals surface area (Å²) in [6, 6.07) is 15.2. The quantitative estimate of drug-likeness (QED) is 0.253. The second-order valence-electron chi connectivity index (χ2n) is 9.80. The Morgan fingerprint density at radius 3 is 2.25 bits per heavy atom. The molecule has 1 aliphatic rings. The number of nitrogens with zero attached hydrogens (tertiary/aromatic N) is 2. The lowest BCUT2D eigenvalue weighted by atomic mass is 10.0. The fourth-order valence-electron chi connectivity index (χ4n) is 4.92. The average Bonchev–Trinajstić information content (AvgIpc) is 3.71. The molecule has 0 atom stereocenters. The summed E-state index contributed by atoms with van der Waals surface area (Å²) in [7, 11) is -4.31. The van der Waals surface area contributed by atoms with Crippen molar-refractivity contribution in [2.75, 3.05) is 4.31 Å². The molecule has 1 saturated carbocycles. The summed E-state index contributed by atoms with van der Waals surface area (Å²) in [6.45, 7) is 2.84. The minimum Gasteiger partial charge on any atom is -0.478 e. The number of ether oxygens (including phenoxy) is 1. The number of aromatic nitrogens is 1. The molecule has 0 unspecified atom stereocenters. The molecular formula is C29H25F3N2O5S. The molecule has 0 amide bonds. The molecule has 11 heteroatoms. The Balaban J connectivity index is 1.66. The minimum atomic E-state index is -4.86. The zero-order chi connectivity index (χ0) is 28.8. The van der Waals surface area contributed by atoms with E-state index >= 15 is 0 Å². The van der Waals surface area contributed by atoms with Crippen LogP contribution in [0, 0.1) is 13.8 Å². The molecule has 5 rings (SSSR count). The van der Waals surface area contributed by atoms with Crippen molar-refractivity contribution in [3.05, 3.63) is 94.7 Å². The highest BCUT2D eigenvalue weighted by Gasteiger charge is 2.36. The summed E-state index contributed by atoms with van der Waals surface area (Å²) in [5.41, 5.74) is 1.79. The Kier molecular flexibility index (Phi) is 6.95. The fraction of sp³-hybridized carbons (Fsp3) is 0.241. The van der Waals surface area contributed by atoms with Gasteiger partial charge in [-0.15, -0.1) is 13.2 Å². The zero-order valence-corrected chi connectivity index (χ0v) is 22.4. The molecule has 0 bridgehead atoms. The molecule has 40 heavy (non-hydrogen) atoms. The first kappa shape index (κ1) is 27.4. The summed E-state index contributed by atoms with van der Waals surface area (Å²) in [4.78, 5) is 16.2. The highest BCUT2D eigenvalue weighted by molar-refractivity contribution is 7.92. The molecule has 3 aromatic carbocycles. The maximum atomic E-state index is 14.3. The lowest BCUT2D eigenvalue weighted by Crippen LogP contribution is -2.32. The van der Waals surface area contributed by atoms with Crippen LogP contribution in [0.4, 0.5) is 19.0 Å². The van der Waals surface area contributed by atoms with Gasteiger partial charge in [0.05, 0.1) is 17.0 Å². The number of benzene rings is 3. The number of halogens is 3. The van der Waals surface area contributed by atoms with Crippen LogP contribution in [-0.2, 0) is 16.6 Å². The van der Waals surface area contributed by atoms with Crippen LogP contribution in [0.3, 0.4) is 0 Å². The number of fused-ring (bicyclic) bond motifs is 1. The Labute approximate surface area is 228 Å². The number of carboxylic acid groups (broad SMARTS) is 1. The summed E-state index contributed by atoms with van der Waals surface area (Å²) < 4.78 is 71.6. The van der Waals surface area contributed by atoms with Crippen molar-refractivity contribution in [1.29, 1.82) is 0 Å². The molecule has 0 aliphatic heterocycles. The first-order chi connectivity index (χ1) is 18.8. The molecule has 0 saturated heterocycles. The van der Waals surface area contributed by atoms with E-state index in [0.717, 1.165) is 45.6 Å². The van der Waals surface area contributed by atoms with Gasteiger partial charge in [-0.2, -0.15) is 0 Å². The van der Waals surface area contributed by atoms with Crippen LogP contribution in [0.1, 0.15) is 51.4 Å². The fourth-order valence-corrected chi connectivity index (χ4v) is 6.52. The number of alkyl halides is 3. The first-order valence-electron chi connectivity index (χ1n) is 12.4. The Bertz CT molecular complexity index is 1690. The van der Waals surface area contributed by atoms with E-state index in [1.54, 1.807) is 6.20 Å². The Hall–Kier alpha value is -4.12. The van der Waals surface area contributed by atoms with Crippen molar-refractivity contribution in [2.24, 2.45) is 0 Å². The SMILES string of the molecule is Cc1cc(S(=O)(=O)N(Cc2ccc(OC(F)(F)F)cc2)c2ncc3ccccc3c2C2CC2)cc(C)c1C(=O)O. The standard InChI is InChI=1S/C29H25F3N2O5S/c1-17-13-23(14-18(2)25(17)28(35)36)40(37,38)34(16-19-7-11-22(12-8-19)39-29(30,31)32)27-26(20-9-10-20)24-6-4-3-5-21(24)15-33-27/h3-8,11-15,20H,9-10,16H2,1-2H3,(H,35,36). The van der Waals surface area contributed by atoms with Crippen molar-refractivity contribution in [1.82, 2.24) is 4.98 Å². The molecule has 4 aromatic rings. The summed E-state index contributed by atoms with van der Waals surface area (Å²) in [5, 5.41) is 11.3. The second kappa shape index (κ2) is 10.1. The predicted octanol–water partition coefficient (Wildman–Crippen LogP) is 6.72. The summed E-state index contributed by atoms with van der Waals surface area (Å²) >= 11 is 0. The number of pyridine rings is 1. The van der Waals surface area contributed by atoms with Gasteiger partial charge in [-0.25, -0.2) is 22.5 Å². The van der Waals surface area contributed by atoms with Crippen LogP contribution in [0.2, 0.25) is 0 Å². The molecule has 1 N–H and O–H groups in total. The molecule has 0 radical (unpaired) electrons. The van der Waals surface area contributed by atoms with E-state index in [1.165, 1.54) is 38.1 Å². The first-order valence-corrected chi connectivity index (χ1v) is 13.9. The van der Waals surface area contributed by atoms with Crippen LogP contribution in [-0.4, -0.2) is 30.8 Å². The van der Waals surface area contributed by atoms with E-state index in [0.29, 0.717) is 5.56 Å². The Morgan fingerprint density at radius 2 is 1.68 bits per heavy atom. The molecule has 0 spiro atoms. The number of sulfonamides is 1. The third-order valence-corrected chi connectivity index (χ3v) is 8.54. The van der Waals surface area contributed by atoms with Crippen LogP contribution in [0.5, 0.6) is 5.75 Å². The van der Waals surface area contributed by atoms with Crippen molar-refractivity contribution in [3.8, 4) is 5.75 Å². The van der Waals surface area contributed by atoms with Crippen LogP contribution in [0.15, 0.2) is 71.8 Å². The number of aryl methyl sites for hydroxylation is 2. The van der Waals surface area contributed by atoms with Gasteiger partial charge in [0.2, 0.25) is 0 Å². The lowest BCUT2D eigenvalue weighted by Gasteiger charge is -2.27. The van der Waals surface area contributed by atoms with Gasteiger partial charge in [0, 0.05) is 17.1 Å². The predicted molar refractivity (Wildman–Crippen MR) is 143 cm³/mol. The largest absolute Gasteiger partial charge is 0.573 e. The molecule has 7 nitrogen and oxygen atoms in total. The van der Waals surface area contributed by atoms with E-state index in [9.17, 15) is 31.5 Å². The topological polar surface area (TPSA) is 96.8 Å². The van der Waals surface area contributed by atoms with Gasteiger partial charge < -0.3 is 9.84 Å². The number of anilines is 1. The molecule has 1 aliphatic carbocycles. The number of carboxylic acids is 1. The highest BCUT2D eigenvalue weighted by Crippen LogP contribution is 2.48. The van der Waals surface area contributed by atoms with Crippen LogP contribution >= 0.6 is 0 Å². The van der Waals surface area contributed by atoms with Crippen molar-refractivity contribution in [2.45, 2.75) is 50.4 Å². The van der Waals surface area contributed by atoms with Crippen molar-refractivity contribution < 1.29 is 36.2 Å². The summed E-state index contributed by atoms with van der Waals surface area (Å²) in [5.74, 6) is -1.26. The normalized spacial score (nSPS) is 13.8. The van der Waals surface area contributed by atoms with Crippen LogP contribution < -0.4 is 9.04 Å². The molecular weight excluding hydrogens is 545 g/mol. The van der Waals surface area contributed by atoms with Crippen LogP contribution in [0.25, 0.3) is 10.8 Å². The van der Waals surface area contributed by atoms with Gasteiger partial charge in [-0.1, -0.05) is 36.4 Å². The maximum Gasteiger partial charge on any atom is 0.573 e. The smallest absolute Gasteiger partial charge is 0.478 e. The van der Waals surface area contributed by atoms with E-state index < -0.39 is 28.1 Å². The van der Waals surface area contributed by atoms with Gasteiger partial charge >= 0.3 is 12.3 Å². The third kappa shape index (κ3) is 5.46. The average molecular weight is 571 g/mol. The lowest BCUT2D eigenvalue weighted by molar-refractivity contribution is -0.274. The van der Waals surface area contributed by atoms with E-state index in [2.05, 4.69) is 9.72 Å². The zero-order valence-electron chi connectivity index (χ0n) is 21.6. The second-order valence-corrected chi connectivity index (χ2v) is 11.7. The van der Waals surface area contributed by atoms with E-state index in [1.807, 2.05) is 24.3 Å². The van der Waals surface area contributed by atoms with Gasteiger partial charge in [0.1, 0.15) is 11.6 Å². The van der Waals surface area contributed by atoms with Gasteiger partial charge in [0.25, 0.3) is 10.0 Å². The third-order valence-electron chi connectivity index (χ3n) is 6.83. The van der Waals surface area contributed by atoms with E-state index in [4.69, 9.17) is 0 Å². The van der Waals surface area contributed by atoms with E-state index in [-0.39, 0.29) is 39.9 Å². The number of hydrogen-bond donors (Lipinski definition) is 1. The van der Waals surface area contributed by atoms with Crippen molar-refractivity contribution >= 4 is 32.6 Å². The number of rotatable bonds is 8. The number of aromatic carboxylic acids is 1. The highest BCUT2D eigenvalue weighted by atomic mass is 32.2. The molecule has 1 aromatic heterocycles. The minimum absolute atomic E-state index is 0.0215. The molecule has 1 fully saturated rings. The van der Waals surface area contributed by atoms with Gasteiger partial charge in [0.15, 0.2) is 0 Å². The summed E-state index contributed by atoms with van der Waals surface area (Å²) in [6.07, 6.45) is -1.52. The maximum absolute atomic E-state index is 14.3. The number of hydrogen-bond acceptors (Lipinski definition) is 5. The van der Waals surface area contributed by atoms with Crippen molar-refractivity contribution in [3.63, 3.8) is 0 Å². The number of carbonyl (C=O) groups is 1. The Morgan fingerprint density at radius 1 is 1.05 bits per heavy atom. The monoisotopic (exact) mass is 570 g/mol. The molecule has 208 valence electrons.